The van der Waals surface area contributed by atoms with Crippen LogP contribution in [0.3, 0.4) is 0 Å². The van der Waals surface area contributed by atoms with Crippen molar-refractivity contribution in [2.45, 2.75) is 19.9 Å². The van der Waals surface area contributed by atoms with E-state index in [4.69, 9.17) is 0 Å². The molecule has 0 aromatic heterocycles. The van der Waals surface area contributed by atoms with Crippen LogP contribution in [0.2, 0.25) is 0 Å². The van der Waals surface area contributed by atoms with Gasteiger partial charge in [0.15, 0.2) is 5.78 Å². The van der Waals surface area contributed by atoms with Crippen molar-refractivity contribution in [3.8, 4) is 0 Å². The largest absolute Gasteiger partial charge is 0.336 e. The number of carbonyl (C=O) groups is 5. The number of benzene rings is 2. The molecule has 1 aliphatic heterocycles. The van der Waals surface area contributed by atoms with Crippen LogP contribution in [-0.4, -0.2) is 29.5 Å². The molecule has 1 aliphatic rings. The van der Waals surface area contributed by atoms with E-state index in [1.54, 1.807) is 0 Å². The normalized spacial score (nSPS) is 14.9. The number of anilines is 1. The van der Waals surface area contributed by atoms with Gasteiger partial charge < -0.3 is 5.32 Å². The zero-order valence-electron chi connectivity index (χ0n) is 15.5. The Morgan fingerprint density at radius 3 is 2.17 bits per heavy atom. The predicted molar refractivity (Wildman–Crippen MR) is 99.8 cm³/mol. The Labute approximate surface area is 164 Å². The number of amides is 5. The monoisotopic (exact) mass is 397 g/mol. The van der Waals surface area contributed by atoms with Crippen molar-refractivity contribution in [1.82, 2.24) is 10.6 Å². The molecule has 2 aromatic rings. The fraction of sp³-hybridized carbons (Fsp3) is 0.150. The van der Waals surface area contributed by atoms with Crippen molar-refractivity contribution >= 4 is 35.2 Å². The molecule has 0 aliphatic carbocycles. The Bertz CT molecular complexity index is 1050. The minimum absolute atomic E-state index is 0.107. The van der Waals surface area contributed by atoms with E-state index in [2.05, 4.69) is 5.32 Å². The number of imide groups is 2. The molecule has 0 saturated heterocycles. The molecule has 0 spiro atoms. The average molecular weight is 397 g/mol. The van der Waals surface area contributed by atoms with Gasteiger partial charge in [-0.05, 0) is 49.4 Å². The Kier molecular flexibility index (Phi) is 5.22. The molecule has 1 unspecified atom stereocenters. The summed E-state index contributed by atoms with van der Waals surface area (Å²) in [5.74, 6) is -2.92. The molecule has 9 heteroatoms. The molecule has 0 radical (unpaired) electrons. The number of Topliss-reactive ketones (excluding diaryl/α,β-unsaturated/α-hetero) is 1. The molecule has 1 heterocycles. The summed E-state index contributed by atoms with van der Waals surface area (Å²) in [6, 6.07) is 6.69. The van der Waals surface area contributed by atoms with E-state index in [1.165, 1.54) is 37.3 Å². The summed E-state index contributed by atoms with van der Waals surface area (Å²) in [4.78, 5) is 61.4. The molecule has 0 bridgehead atoms. The molecule has 2 N–H and O–H groups in total. The van der Waals surface area contributed by atoms with Crippen LogP contribution in [0.25, 0.3) is 0 Å². The number of hydrogen-bond acceptors (Lipinski definition) is 5. The number of nitrogens with one attached hydrogen (secondary N) is 2. The van der Waals surface area contributed by atoms with Gasteiger partial charge in [-0.25, -0.2) is 14.1 Å². The molecule has 8 nitrogen and oxygen atoms in total. The highest BCUT2D eigenvalue weighted by Crippen LogP contribution is 2.37. The van der Waals surface area contributed by atoms with Crippen LogP contribution in [0.5, 0.6) is 0 Å². The van der Waals surface area contributed by atoms with Crippen LogP contribution >= 0.6 is 0 Å². The molecule has 0 saturated carbocycles. The fourth-order valence-corrected chi connectivity index (χ4v) is 2.96. The lowest BCUT2D eigenvalue weighted by atomic mass is 10.0. The van der Waals surface area contributed by atoms with E-state index in [1.807, 2.05) is 5.32 Å². The lowest BCUT2D eigenvalue weighted by Gasteiger charge is -2.16. The molecule has 3 rings (SSSR count). The number of halogens is 1. The lowest BCUT2D eigenvalue weighted by Crippen LogP contribution is -2.46. The van der Waals surface area contributed by atoms with Crippen LogP contribution in [0.4, 0.5) is 14.9 Å². The maximum atomic E-state index is 13.1. The molecule has 29 heavy (non-hydrogen) atoms. The Balaban J connectivity index is 1.99. The standard InChI is InChI=1S/C20H16FN3O5/c1-10(25)13-5-8-16-15(9-13)17(19(28)24(16)20(29)22-11(2)26)23-18(27)12-3-6-14(21)7-4-12/h3-9,17H,1-2H3,(H,23,27)(H,22,26,29). The van der Waals surface area contributed by atoms with Gasteiger partial charge in [0, 0.05) is 23.6 Å². The molecule has 148 valence electrons. The molecule has 1 atom stereocenters. The van der Waals surface area contributed by atoms with Gasteiger partial charge in [0.25, 0.3) is 11.8 Å². The third-order valence-electron chi connectivity index (χ3n) is 4.32. The number of fused-ring (bicyclic) bond motifs is 1. The SMILES string of the molecule is CC(=O)NC(=O)N1C(=O)C(NC(=O)c2ccc(F)cc2)c2cc(C(C)=O)ccc21. The number of carbonyl (C=O) groups excluding carboxylic acids is 5. The van der Waals surface area contributed by atoms with Crippen LogP contribution in [-0.2, 0) is 9.59 Å². The van der Waals surface area contributed by atoms with Crippen LogP contribution in [0.15, 0.2) is 42.5 Å². The van der Waals surface area contributed by atoms with Crippen LogP contribution in [0.1, 0.15) is 46.2 Å². The fourth-order valence-electron chi connectivity index (χ4n) is 2.96. The van der Waals surface area contributed by atoms with Crippen LogP contribution < -0.4 is 15.5 Å². The van der Waals surface area contributed by atoms with E-state index < -0.39 is 35.6 Å². The van der Waals surface area contributed by atoms with Crippen molar-refractivity contribution in [2.24, 2.45) is 0 Å². The molecular formula is C20H16FN3O5. The van der Waals surface area contributed by atoms with E-state index in [9.17, 15) is 28.4 Å². The summed E-state index contributed by atoms with van der Waals surface area (Å²) in [6.45, 7) is 2.46. The van der Waals surface area contributed by atoms with Crippen molar-refractivity contribution in [3.05, 3.63) is 65.0 Å². The molecule has 2 aromatic carbocycles. The van der Waals surface area contributed by atoms with Crippen molar-refractivity contribution in [2.75, 3.05) is 4.90 Å². The second-order valence-electron chi connectivity index (χ2n) is 6.40. The summed E-state index contributed by atoms with van der Waals surface area (Å²) >= 11 is 0. The highest BCUT2D eigenvalue weighted by atomic mass is 19.1. The first-order valence-electron chi connectivity index (χ1n) is 8.56. The first-order chi connectivity index (χ1) is 13.7. The topological polar surface area (TPSA) is 113 Å². The third-order valence-corrected chi connectivity index (χ3v) is 4.32. The van der Waals surface area contributed by atoms with Gasteiger partial charge in [-0.1, -0.05) is 0 Å². The van der Waals surface area contributed by atoms with Crippen molar-refractivity contribution in [1.29, 1.82) is 0 Å². The molecule has 5 amide bonds. The smallest absolute Gasteiger partial charge is 0.335 e. The van der Waals surface area contributed by atoms with E-state index >= 15 is 0 Å². The Morgan fingerprint density at radius 1 is 0.966 bits per heavy atom. The van der Waals surface area contributed by atoms with E-state index in [0.29, 0.717) is 0 Å². The second-order valence-corrected chi connectivity index (χ2v) is 6.40. The van der Waals surface area contributed by atoms with Gasteiger partial charge in [0.05, 0.1) is 5.69 Å². The number of rotatable bonds is 3. The minimum Gasteiger partial charge on any atom is -0.336 e. The first kappa shape index (κ1) is 19.9. The summed E-state index contributed by atoms with van der Waals surface area (Å²) in [6.07, 6.45) is 0. The Hall–Kier alpha value is -3.88. The highest BCUT2D eigenvalue weighted by molar-refractivity contribution is 6.23. The first-order valence-corrected chi connectivity index (χ1v) is 8.56. The number of hydrogen-bond donors (Lipinski definition) is 2. The molecule has 0 fully saturated rings. The van der Waals surface area contributed by atoms with Gasteiger partial charge in [-0.15, -0.1) is 0 Å². The minimum atomic E-state index is -1.26. The maximum absolute atomic E-state index is 13.1. The number of nitrogens with zero attached hydrogens (tertiary/aromatic N) is 1. The zero-order valence-corrected chi connectivity index (χ0v) is 15.5. The summed E-state index contributed by atoms with van der Waals surface area (Å²) in [7, 11) is 0. The van der Waals surface area contributed by atoms with Gasteiger partial charge >= 0.3 is 6.03 Å². The maximum Gasteiger partial charge on any atom is 0.335 e. The second kappa shape index (κ2) is 7.63. The Morgan fingerprint density at radius 2 is 1.59 bits per heavy atom. The van der Waals surface area contributed by atoms with Crippen molar-refractivity contribution < 1.29 is 28.4 Å². The van der Waals surface area contributed by atoms with Gasteiger partial charge in [-0.3, -0.25) is 24.5 Å². The average Bonchev–Trinajstić information content (AvgIpc) is 2.92. The van der Waals surface area contributed by atoms with E-state index in [0.717, 1.165) is 24.0 Å². The quantitative estimate of drug-likeness (QED) is 0.771. The van der Waals surface area contributed by atoms with Crippen molar-refractivity contribution in [3.63, 3.8) is 0 Å². The number of urea groups is 1. The summed E-state index contributed by atoms with van der Waals surface area (Å²) in [5.41, 5.74) is 0.765. The molecular weight excluding hydrogens is 381 g/mol. The predicted octanol–water partition coefficient (Wildman–Crippen LogP) is 2.10. The highest BCUT2D eigenvalue weighted by Gasteiger charge is 2.42. The number of ketones is 1. The van der Waals surface area contributed by atoms with Gasteiger partial charge in [0.2, 0.25) is 5.91 Å². The van der Waals surface area contributed by atoms with Crippen LogP contribution in [0, 0.1) is 5.82 Å². The van der Waals surface area contributed by atoms with E-state index in [-0.39, 0.29) is 28.2 Å². The van der Waals surface area contributed by atoms with Gasteiger partial charge in [0.1, 0.15) is 11.9 Å². The summed E-state index contributed by atoms with van der Waals surface area (Å²) in [5, 5.41) is 4.51. The third kappa shape index (κ3) is 3.88. The zero-order chi connectivity index (χ0) is 21.3. The van der Waals surface area contributed by atoms with Gasteiger partial charge in [-0.2, -0.15) is 0 Å². The summed E-state index contributed by atoms with van der Waals surface area (Å²) < 4.78 is 13.1. The lowest BCUT2D eigenvalue weighted by molar-refractivity contribution is -0.119.